The molecule has 27 heavy (non-hydrogen) atoms. The number of aromatic nitrogens is 3. The maximum absolute atomic E-state index is 13.0. The van der Waals surface area contributed by atoms with Gasteiger partial charge in [-0.25, -0.2) is 9.50 Å². The van der Waals surface area contributed by atoms with E-state index in [0.29, 0.717) is 43.1 Å². The van der Waals surface area contributed by atoms with Crippen LogP contribution in [0.5, 0.6) is 0 Å². The Hall–Kier alpha value is -3.49. The van der Waals surface area contributed by atoms with Crippen LogP contribution in [0.15, 0.2) is 42.7 Å². The van der Waals surface area contributed by atoms with E-state index >= 15 is 0 Å². The summed E-state index contributed by atoms with van der Waals surface area (Å²) in [5.74, 6) is -0.0652. The van der Waals surface area contributed by atoms with Crippen LogP contribution in [0.1, 0.15) is 16.1 Å². The fourth-order valence-corrected chi connectivity index (χ4v) is 3.36. The Morgan fingerprint density at radius 1 is 1.15 bits per heavy atom. The number of rotatable bonds is 3. The van der Waals surface area contributed by atoms with Gasteiger partial charge in [-0.3, -0.25) is 14.9 Å². The minimum absolute atomic E-state index is 0.0652. The lowest BCUT2D eigenvalue weighted by molar-refractivity contribution is -0.384. The Morgan fingerprint density at radius 2 is 1.85 bits per heavy atom. The topological polar surface area (TPSA) is 96.9 Å². The zero-order chi connectivity index (χ0) is 19.0. The van der Waals surface area contributed by atoms with Gasteiger partial charge in [0, 0.05) is 56.4 Å². The fourth-order valence-electron chi connectivity index (χ4n) is 3.36. The average Bonchev–Trinajstić information content (AvgIpc) is 3.03. The Morgan fingerprint density at radius 3 is 2.52 bits per heavy atom. The second-order valence-corrected chi connectivity index (χ2v) is 6.40. The summed E-state index contributed by atoms with van der Waals surface area (Å²) in [6.07, 6.45) is 3.43. The molecule has 0 radical (unpaired) electrons. The molecule has 1 aromatic carbocycles. The van der Waals surface area contributed by atoms with Crippen molar-refractivity contribution in [3.05, 3.63) is 64.1 Å². The highest BCUT2D eigenvalue weighted by Crippen LogP contribution is 2.22. The molecule has 2 aromatic heterocycles. The molecule has 3 heterocycles. The number of nitro groups is 1. The second-order valence-electron chi connectivity index (χ2n) is 6.40. The molecule has 138 valence electrons. The van der Waals surface area contributed by atoms with Crippen molar-refractivity contribution in [2.75, 3.05) is 31.1 Å². The molecule has 0 atom stereocenters. The lowest BCUT2D eigenvalue weighted by Gasteiger charge is -2.36. The summed E-state index contributed by atoms with van der Waals surface area (Å²) in [5, 5.41) is 15.1. The number of non-ortho nitro benzene ring substituents is 1. The zero-order valence-electron chi connectivity index (χ0n) is 14.8. The molecular formula is C18H18N6O3. The summed E-state index contributed by atoms with van der Waals surface area (Å²) < 4.78 is 1.62. The fraction of sp³-hybridized carbons (Fsp3) is 0.278. The Labute approximate surface area is 155 Å². The molecule has 1 aliphatic heterocycles. The highest BCUT2D eigenvalue weighted by atomic mass is 16.6. The molecule has 0 N–H and O–H groups in total. The number of amides is 1. The summed E-state index contributed by atoms with van der Waals surface area (Å²) in [7, 11) is 0. The van der Waals surface area contributed by atoms with E-state index in [1.807, 2.05) is 6.92 Å². The number of carbonyl (C=O) groups excluding carboxylic acids is 1. The van der Waals surface area contributed by atoms with Gasteiger partial charge in [-0.15, -0.1) is 0 Å². The van der Waals surface area contributed by atoms with Crippen molar-refractivity contribution in [2.24, 2.45) is 0 Å². The third kappa shape index (κ3) is 3.07. The molecule has 0 bridgehead atoms. The van der Waals surface area contributed by atoms with Crippen LogP contribution in [0.3, 0.4) is 0 Å². The molecule has 9 nitrogen and oxygen atoms in total. The molecule has 1 fully saturated rings. The SMILES string of the molecule is Cc1nn2cccnc2c1C(=O)N1CCN(c2ccc([N+](=O)[O-])cc2)CC1. The summed E-state index contributed by atoms with van der Waals surface area (Å²) in [5.41, 5.74) is 2.76. The van der Waals surface area contributed by atoms with Gasteiger partial charge in [-0.2, -0.15) is 5.10 Å². The standard InChI is InChI=1S/C18H18N6O3/c1-13-16(17-19-7-2-8-23(17)20-13)18(25)22-11-9-21(10-12-22)14-3-5-15(6-4-14)24(26)27/h2-8H,9-12H2,1H3. The number of hydrogen-bond donors (Lipinski definition) is 0. The second kappa shape index (κ2) is 6.67. The maximum Gasteiger partial charge on any atom is 0.269 e. The van der Waals surface area contributed by atoms with Crippen molar-refractivity contribution in [1.82, 2.24) is 19.5 Å². The van der Waals surface area contributed by atoms with Gasteiger partial charge in [0.15, 0.2) is 5.65 Å². The number of hydrogen-bond acceptors (Lipinski definition) is 6. The molecule has 0 aliphatic carbocycles. The minimum atomic E-state index is -0.410. The number of nitro benzene ring substituents is 1. The minimum Gasteiger partial charge on any atom is -0.368 e. The summed E-state index contributed by atoms with van der Waals surface area (Å²) >= 11 is 0. The number of anilines is 1. The molecule has 1 saturated heterocycles. The highest BCUT2D eigenvalue weighted by molar-refractivity contribution is 6.01. The van der Waals surface area contributed by atoms with Gasteiger partial charge >= 0.3 is 0 Å². The van der Waals surface area contributed by atoms with Gasteiger partial charge in [-0.05, 0) is 25.1 Å². The first-order chi connectivity index (χ1) is 13.0. The summed E-state index contributed by atoms with van der Waals surface area (Å²) in [4.78, 5) is 31.6. The lowest BCUT2D eigenvalue weighted by Crippen LogP contribution is -2.48. The number of nitrogens with zero attached hydrogens (tertiary/aromatic N) is 6. The third-order valence-corrected chi connectivity index (χ3v) is 4.78. The number of fused-ring (bicyclic) bond motifs is 1. The van der Waals surface area contributed by atoms with Gasteiger partial charge < -0.3 is 9.80 Å². The van der Waals surface area contributed by atoms with Gasteiger partial charge in [0.1, 0.15) is 5.56 Å². The molecule has 1 aliphatic rings. The monoisotopic (exact) mass is 366 g/mol. The Bertz CT molecular complexity index is 1010. The van der Waals surface area contributed by atoms with Crippen LogP contribution in [0.4, 0.5) is 11.4 Å². The van der Waals surface area contributed by atoms with E-state index in [2.05, 4.69) is 15.0 Å². The normalized spacial score (nSPS) is 14.6. The number of benzene rings is 1. The number of aryl methyl sites for hydroxylation is 1. The molecule has 0 saturated carbocycles. The number of carbonyl (C=O) groups is 1. The largest absolute Gasteiger partial charge is 0.368 e. The molecular weight excluding hydrogens is 348 g/mol. The van der Waals surface area contributed by atoms with Crippen molar-refractivity contribution in [3.8, 4) is 0 Å². The quantitative estimate of drug-likeness (QED) is 0.519. The summed E-state index contributed by atoms with van der Waals surface area (Å²) in [6, 6.07) is 8.27. The van der Waals surface area contributed by atoms with E-state index in [0.717, 1.165) is 5.69 Å². The average molecular weight is 366 g/mol. The zero-order valence-corrected chi connectivity index (χ0v) is 14.8. The van der Waals surface area contributed by atoms with Crippen molar-refractivity contribution in [1.29, 1.82) is 0 Å². The molecule has 0 unspecified atom stereocenters. The first kappa shape index (κ1) is 17.0. The maximum atomic E-state index is 13.0. The van der Waals surface area contributed by atoms with Crippen LogP contribution >= 0.6 is 0 Å². The van der Waals surface area contributed by atoms with Gasteiger partial charge in [0.25, 0.3) is 11.6 Å². The van der Waals surface area contributed by atoms with Crippen LogP contribution in [0, 0.1) is 17.0 Å². The van der Waals surface area contributed by atoms with E-state index in [1.165, 1.54) is 12.1 Å². The van der Waals surface area contributed by atoms with E-state index in [9.17, 15) is 14.9 Å². The third-order valence-electron chi connectivity index (χ3n) is 4.78. The predicted octanol–water partition coefficient (Wildman–Crippen LogP) is 1.91. The van der Waals surface area contributed by atoms with Gasteiger partial charge in [0.05, 0.1) is 10.6 Å². The van der Waals surface area contributed by atoms with Gasteiger partial charge in [-0.1, -0.05) is 0 Å². The Balaban J connectivity index is 1.48. The smallest absolute Gasteiger partial charge is 0.269 e. The van der Waals surface area contributed by atoms with Crippen molar-refractivity contribution in [3.63, 3.8) is 0 Å². The van der Waals surface area contributed by atoms with E-state index < -0.39 is 4.92 Å². The lowest BCUT2D eigenvalue weighted by atomic mass is 10.2. The Kier molecular flexibility index (Phi) is 4.19. The summed E-state index contributed by atoms with van der Waals surface area (Å²) in [6.45, 7) is 4.28. The molecule has 1 amide bonds. The van der Waals surface area contributed by atoms with Crippen LogP contribution in [-0.4, -0.2) is 56.5 Å². The van der Waals surface area contributed by atoms with Crippen molar-refractivity contribution in [2.45, 2.75) is 6.92 Å². The van der Waals surface area contributed by atoms with Crippen molar-refractivity contribution >= 4 is 22.9 Å². The predicted molar refractivity (Wildman–Crippen MR) is 98.9 cm³/mol. The van der Waals surface area contributed by atoms with E-state index in [-0.39, 0.29) is 11.6 Å². The van der Waals surface area contributed by atoms with Gasteiger partial charge in [0.2, 0.25) is 0 Å². The van der Waals surface area contributed by atoms with Crippen LogP contribution < -0.4 is 4.90 Å². The molecule has 0 spiro atoms. The highest BCUT2D eigenvalue weighted by Gasteiger charge is 2.27. The van der Waals surface area contributed by atoms with E-state index in [4.69, 9.17) is 0 Å². The molecule has 3 aromatic rings. The van der Waals surface area contributed by atoms with Crippen LogP contribution in [0.25, 0.3) is 5.65 Å². The van der Waals surface area contributed by atoms with E-state index in [1.54, 1.807) is 40.0 Å². The number of piperazine rings is 1. The molecule has 9 heteroatoms. The van der Waals surface area contributed by atoms with Crippen LogP contribution in [-0.2, 0) is 0 Å². The molecule has 4 rings (SSSR count). The van der Waals surface area contributed by atoms with Crippen molar-refractivity contribution < 1.29 is 9.72 Å². The first-order valence-electron chi connectivity index (χ1n) is 8.63. The first-order valence-corrected chi connectivity index (χ1v) is 8.63. The van der Waals surface area contributed by atoms with Crippen LogP contribution in [0.2, 0.25) is 0 Å².